The van der Waals surface area contributed by atoms with Crippen LogP contribution in [0.15, 0.2) is 82.5 Å². The van der Waals surface area contributed by atoms with Crippen LogP contribution in [0.25, 0.3) is 10.9 Å². The van der Waals surface area contributed by atoms with Gasteiger partial charge in [0.2, 0.25) is 12.1 Å². The maximum absolute atomic E-state index is 13.5. The molecule has 0 spiro atoms. The number of fused-ring (bicyclic) bond motifs is 4. The van der Waals surface area contributed by atoms with Crippen LogP contribution < -0.4 is 4.74 Å². The summed E-state index contributed by atoms with van der Waals surface area (Å²) < 4.78 is 22.6. The highest BCUT2D eigenvalue weighted by Crippen LogP contribution is 2.49. The van der Waals surface area contributed by atoms with Gasteiger partial charge in [-0.3, -0.25) is 9.36 Å². The predicted octanol–water partition coefficient (Wildman–Crippen LogP) is 6.45. The van der Waals surface area contributed by atoms with Crippen LogP contribution >= 0.6 is 15.9 Å². The maximum Gasteiger partial charge on any atom is 0.227 e. The average molecular weight is 504 g/mol. The highest BCUT2D eigenvalue weighted by Gasteiger charge is 2.42. The molecule has 1 aromatic heterocycles. The number of hydrazone groups is 1. The van der Waals surface area contributed by atoms with Gasteiger partial charge in [-0.25, -0.2) is 9.40 Å². The summed E-state index contributed by atoms with van der Waals surface area (Å²) in [6.45, 7) is 1.55. The highest BCUT2D eigenvalue weighted by molar-refractivity contribution is 9.10. The number of ether oxygens (including phenoxy) is 1. The van der Waals surface area contributed by atoms with Gasteiger partial charge >= 0.3 is 0 Å². The van der Waals surface area contributed by atoms with Gasteiger partial charge in [-0.05, 0) is 42.0 Å². The van der Waals surface area contributed by atoms with E-state index in [9.17, 15) is 9.18 Å². The van der Waals surface area contributed by atoms with E-state index in [0.29, 0.717) is 6.42 Å². The molecule has 0 fully saturated rings. The smallest absolute Gasteiger partial charge is 0.227 e. The van der Waals surface area contributed by atoms with Crippen molar-refractivity contribution in [2.45, 2.75) is 25.6 Å². The molecule has 0 N–H and O–H groups in total. The lowest BCUT2D eigenvalue weighted by atomic mass is 9.96. The zero-order valence-corrected chi connectivity index (χ0v) is 19.3. The van der Waals surface area contributed by atoms with E-state index in [-0.39, 0.29) is 17.8 Å². The molecule has 0 unspecified atom stereocenters. The second-order valence-corrected chi connectivity index (χ2v) is 9.21. The van der Waals surface area contributed by atoms with Crippen molar-refractivity contribution in [2.24, 2.45) is 5.10 Å². The fourth-order valence-electron chi connectivity index (χ4n) is 4.74. The molecule has 7 heteroatoms. The quantitative estimate of drug-likeness (QED) is 0.316. The van der Waals surface area contributed by atoms with Gasteiger partial charge in [-0.1, -0.05) is 46.3 Å². The van der Waals surface area contributed by atoms with Crippen molar-refractivity contribution in [3.8, 4) is 5.75 Å². The van der Waals surface area contributed by atoms with Crippen LogP contribution in [0.5, 0.6) is 5.75 Å². The molecule has 4 aromatic rings. The van der Waals surface area contributed by atoms with Gasteiger partial charge in [0.1, 0.15) is 11.6 Å². The van der Waals surface area contributed by atoms with Gasteiger partial charge in [0, 0.05) is 40.5 Å². The van der Waals surface area contributed by atoms with E-state index in [1.54, 1.807) is 23.6 Å². The van der Waals surface area contributed by atoms with Gasteiger partial charge < -0.3 is 4.74 Å². The topological polar surface area (TPSA) is 46.8 Å². The van der Waals surface area contributed by atoms with Crippen molar-refractivity contribution in [3.05, 3.63) is 99.9 Å². The lowest BCUT2D eigenvalue weighted by Crippen LogP contribution is -2.33. The van der Waals surface area contributed by atoms with E-state index >= 15 is 0 Å². The van der Waals surface area contributed by atoms with Gasteiger partial charge in [0.05, 0.1) is 17.3 Å². The molecule has 5 nitrogen and oxygen atoms in total. The van der Waals surface area contributed by atoms with Gasteiger partial charge in [-0.2, -0.15) is 5.10 Å². The van der Waals surface area contributed by atoms with Crippen LogP contribution in [-0.2, 0) is 0 Å². The molecular formula is C26H19BrFN3O2. The number of rotatable bonds is 2. The number of benzene rings is 3. The molecule has 0 aliphatic carbocycles. The molecule has 3 heterocycles. The highest BCUT2D eigenvalue weighted by atomic mass is 79.9. The lowest BCUT2D eigenvalue weighted by molar-refractivity contribution is -0.0181. The van der Waals surface area contributed by atoms with Gasteiger partial charge in [0.25, 0.3) is 0 Å². The summed E-state index contributed by atoms with van der Waals surface area (Å²) in [5, 5.41) is 7.87. The van der Waals surface area contributed by atoms with Crippen LogP contribution in [0.4, 0.5) is 4.39 Å². The van der Waals surface area contributed by atoms with Crippen molar-refractivity contribution >= 4 is 38.5 Å². The Labute approximate surface area is 198 Å². The first-order chi connectivity index (χ1) is 16.0. The Morgan fingerprint density at radius 3 is 2.67 bits per heavy atom. The zero-order chi connectivity index (χ0) is 22.7. The fourth-order valence-corrected chi connectivity index (χ4v) is 5.12. The molecule has 0 amide bonds. The predicted molar refractivity (Wildman–Crippen MR) is 128 cm³/mol. The summed E-state index contributed by atoms with van der Waals surface area (Å²) in [5.41, 5.74) is 4.51. The molecular weight excluding hydrogens is 485 g/mol. The number of halogens is 2. The summed E-state index contributed by atoms with van der Waals surface area (Å²) in [6, 6.07) is 20.2. The van der Waals surface area contributed by atoms with Gasteiger partial charge in [0.15, 0.2) is 0 Å². The minimum absolute atomic E-state index is 0.0456. The van der Waals surface area contributed by atoms with Crippen LogP contribution in [0, 0.1) is 5.82 Å². The van der Waals surface area contributed by atoms with E-state index < -0.39 is 6.23 Å². The second kappa shape index (κ2) is 7.56. The van der Waals surface area contributed by atoms with Crippen molar-refractivity contribution in [1.82, 2.24) is 9.58 Å². The van der Waals surface area contributed by atoms with E-state index in [2.05, 4.69) is 22.0 Å². The SMILES string of the molecule is CC(=O)n1cc([C@H]2Oc3ccc(Br)cc3[C@@H]3CC(c4ccc(F)cc4)=NN23)c2ccccc21. The van der Waals surface area contributed by atoms with E-state index in [1.165, 1.54) is 12.1 Å². The summed E-state index contributed by atoms with van der Waals surface area (Å²) in [4.78, 5) is 12.3. The Morgan fingerprint density at radius 2 is 1.88 bits per heavy atom. The lowest BCUT2D eigenvalue weighted by Gasteiger charge is -2.38. The van der Waals surface area contributed by atoms with Crippen LogP contribution in [0.3, 0.4) is 0 Å². The molecule has 33 heavy (non-hydrogen) atoms. The minimum atomic E-state index is -0.507. The van der Waals surface area contributed by atoms with Crippen molar-refractivity contribution in [2.75, 3.05) is 0 Å². The maximum atomic E-state index is 13.5. The van der Waals surface area contributed by atoms with Crippen LogP contribution in [-0.4, -0.2) is 21.2 Å². The number of para-hydroxylation sites is 1. The Kier molecular flexibility index (Phi) is 4.62. The Morgan fingerprint density at radius 1 is 1.09 bits per heavy atom. The number of carbonyl (C=O) groups is 1. The molecule has 0 saturated carbocycles. The normalized spacial score (nSPS) is 19.1. The number of aromatic nitrogens is 1. The summed E-state index contributed by atoms with van der Waals surface area (Å²) in [7, 11) is 0. The molecule has 0 saturated heterocycles. The third-order valence-corrected chi connectivity index (χ3v) is 6.77. The molecule has 0 bridgehead atoms. The summed E-state index contributed by atoms with van der Waals surface area (Å²) >= 11 is 3.57. The first kappa shape index (κ1) is 20.2. The fraction of sp³-hybridized carbons (Fsp3) is 0.154. The van der Waals surface area contributed by atoms with Crippen molar-refractivity contribution < 1.29 is 13.9 Å². The number of carbonyl (C=O) groups excluding carboxylic acids is 1. The van der Waals surface area contributed by atoms with E-state index in [1.807, 2.05) is 47.6 Å². The van der Waals surface area contributed by atoms with Gasteiger partial charge in [-0.15, -0.1) is 0 Å². The van der Waals surface area contributed by atoms with Crippen LogP contribution in [0.2, 0.25) is 0 Å². The van der Waals surface area contributed by atoms with E-state index in [0.717, 1.165) is 43.5 Å². The third kappa shape index (κ3) is 3.26. The second-order valence-electron chi connectivity index (χ2n) is 8.30. The molecule has 3 aromatic carbocycles. The molecule has 2 aliphatic heterocycles. The number of nitrogens with zero attached hydrogens (tertiary/aromatic N) is 3. The zero-order valence-electron chi connectivity index (χ0n) is 17.7. The van der Waals surface area contributed by atoms with Crippen molar-refractivity contribution in [1.29, 1.82) is 0 Å². The van der Waals surface area contributed by atoms with E-state index in [4.69, 9.17) is 9.84 Å². The molecule has 6 rings (SSSR count). The molecule has 2 atom stereocenters. The monoisotopic (exact) mass is 503 g/mol. The molecule has 164 valence electrons. The Hall–Kier alpha value is -3.45. The first-order valence-corrected chi connectivity index (χ1v) is 11.5. The number of hydrogen-bond donors (Lipinski definition) is 0. The number of hydrogen-bond acceptors (Lipinski definition) is 4. The minimum Gasteiger partial charge on any atom is -0.464 e. The largest absolute Gasteiger partial charge is 0.464 e. The molecule has 2 aliphatic rings. The average Bonchev–Trinajstić information content (AvgIpc) is 3.42. The summed E-state index contributed by atoms with van der Waals surface area (Å²) in [5.74, 6) is 0.452. The Balaban J connectivity index is 1.52. The summed E-state index contributed by atoms with van der Waals surface area (Å²) in [6.07, 6.45) is 2.01. The van der Waals surface area contributed by atoms with Crippen LogP contribution in [0.1, 0.15) is 47.1 Å². The Bertz CT molecular complexity index is 1440. The van der Waals surface area contributed by atoms with Crippen molar-refractivity contribution in [3.63, 3.8) is 0 Å². The standard InChI is InChI=1S/C26H19BrFN3O2/c1-15(32)30-14-21(19-4-2-3-5-23(19)30)26-31-24(20-12-17(27)8-11-25(20)33-26)13-22(29-31)16-6-9-18(28)10-7-16/h2-12,14,24,26H,13H2,1H3/t24-,26+/m0/s1. The molecule has 0 radical (unpaired) electrons. The first-order valence-electron chi connectivity index (χ1n) is 10.7. The third-order valence-electron chi connectivity index (χ3n) is 6.28.